The van der Waals surface area contributed by atoms with E-state index in [9.17, 15) is 0 Å². The second-order valence-corrected chi connectivity index (χ2v) is 16.1. The maximum Gasteiger partial charge on any atom is 0.167 e. The fourth-order valence-corrected chi connectivity index (χ4v) is 10.9. The molecule has 0 aliphatic heterocycles. The monoisotopic (exact) mass is 700 g/mol. The molecule has 6 nitrogen and oxygen atoms in total. The number of aromatic nitrogens is 4. The summed E-state index contributed by atoms with van der Waals surface area (Å²) >= 11 is 0. The summed E-state index contributed by atoms with van der Waals surface area (Å²) in [5.41, 5.74) is 9.74. The maximum atomic E-state index is 6.54. The van der Waals surface area contributed by atoms with Crippen LogP contribution in [0.1, 0.15) is 44.1 Å². The lowest BCUT2D eigenvalue weighted by molar-refractivity contribution is -0.00516. The Hall–Kier alpha value is -6.14. The molecule has 13 rings (SSSR count). The van der Waals surface area contributed by atoms with Gasteiger partial charge in [0.15, 0.2) is 17.5 Å². The van der Waals surface area contributed by atoms with E-state index in [0.717, 1.165) is 89.4 Å². The van der Waals surface area contributed by atoms with Crippen LogP contribution in [0, 0.1) is 17.8 Å². The Labute approximate surface area is 311 Å². The minimum Gasteiger partial charge on any atom is -0.455 e. The summed E-state index contributed by atoms with van der Waals surface area (Å²) < 4.78 is 13.1. The lowest BCUT2D eigenvalue weighted by Crippen LogP contribution is -2.48. The summed E-state index contributed by atoms with van der Waals surface area (Å²) in [5, 5.41) is 4.19. The molecule has 0 saturated heterocycles. The molecule has 0 radical (unpaired) electrons. The summed E-state index contributed by atoms with van der Waals surface area (Å²) in [7, 11) is 0. The third kappa shape index (κ3) is 4.59. The van der Waals surface area contributed by atoms with Crippen molar-refractivity contribution < 1.29 is 8.83 Å². The average Bonchev–Trinajstić information content (AvgIpc) is 3.79. The normalized spacial score (nSPS) is 21.9. The second kappa shape index (κ2) is 11.4. The Bertz CT molecular complexity index is 2770. The lowest BCUT2D eigenvalue weighted by Gasteiger charge is -2.57. The van der Waals surface area contributed by atoms with Gasteiger partial charge in [-0.15, -0.1) is 0 Å². The molecule has 0 atom stereocenters. The van der Waals surface area contributed by atoms with Crippen LogP contribution in [0.4, 0.5) is 0 Å². The van der Waals surface area contributed by atoms with E-state index in [1.54, 1.807) is 0 Å². The molecule has 54 heavy (non-hydrogen) atoms. The smallest absolute Gasteiger partial charge is 0.167 e. The number of furan rings is 2. The summed E-state index contributed by atoms with van der Waals surface area (Å²) in [6, 6.07) is 40.1. The van der Waals surface area contributed by atoms with Gasteiger partial charge in [-0.1, -0.05) is 72.8 Å². The molecular formula is C48H36N4O2. The molecule has 6 heteroatoms. The van der Waals surface area contributed by atoms with Crippen molar-refractivity contribution >= 4 is 43.9 Å². The van der Waals surface area contributed by atoms with E-state index >= 15 is 0 Å². The Morgan fingerprint density at radius 3 is 1.52 bits per heavy atom. The average molecular weight is 701 g/mol. The molecule has 0 spiro atoms. The van der Waals surface area contributed by atoms with Crippen molar-refractivity contribution in [1.29, 1.82) is 0 Å². The molecule has 4 heterocycles. The predicted molar refractivity (Wildman–Crippen MR) is 214 cm³/mol. The van der Waals surface area contributed by atoms with Crippen molar-refractivity contribution in [3.8, 4) is 45.3 Å². The first-order valence-corrected chi connectivity index (χ1v) is 19.3. The first-order chi connectivity index (χ1) is 26.7. The minimum atomic E-state index is 0.248. The van der Waals surface area contributed by atoms with E-state index in [-0.39, 0.29) is 5.41 Å². The molecule has 5 aromatic carbocycles. The Balaban J connectivity index is 1.11. The van der Waals surface area contributed by atoms with Gasteiger partial charge in [0.2, 0.25) is 0 Å². The third-order valence-electron chi connectivity index (χ3n) is 12.8. The standard InChI is InChI=1S/C48H36N4O2/c1-3-13-41-33(7-1)35-9-5-11-38(43(35)53-41)46-50-45(51-47(52-46)39-12-6-10-36-34-8-2-4-14-42(34)54-44(36)39)37-16-15-32(24-40(37)31-17-19-49-20-18-31)48-25-28-21-29(26-48)23-30(22-28)27-48/h1-20,24,28-30H,21-23,25-27H2. The number of rotatable bonds is 5. The van der Waals surface area contributed by atoms with Gasteiger partial charge in [-0.25, -0.2) is 15.0 Å². The van der Waals surface area contributed by atoms with E-state index in [1.165, 1.54) is 44.1 Å². The fourth-order valence-electron chi connectivity index (χ4n) is 10.9. The zero-order valence-corrected chi connectivity index (χ0v) is 29.7. The number of hydrogen-bond donors (Lipinski definition) is 0. The van der Waals surface area contributed by atoms with Gasteiger partial charge in [0.25, 0.3) is 0 Å². The van der Waals surface area contributed by atoms with Gasteiger partial charge in [0.1, 0.15) is 22.3 Å². The SMILES string of the molecule is c1ccc2c(c1)oc1c(-c3nc(-c4ccc(C56CC7CC(CC(C7)C5)C6)cc4-c4ccncc4)nc(-c4cccc5c4oc4ccccc45)n3)cccc12. The number of hydrogen-bond acceptors (Lipinski definition) is 6. The Kier molecular flexibility index (Phi) is 6.42. The van der Waals surface area contributed by atoms with E-state index in [2.05, 4.69) is 83.8 Å². The fraction of sp³-hybridized carbons (Fsp3) is 0.208. The van der Waals surface area contributed by atoms with Gasteiger partial charge in [-0.3, -0.25) is 4.98 Å². The van der Waals surface area contributed by atoms with Crippen molar-refractivity contribution in [2.75, 3.05) is 0 Å². The van der Waals surface area contributed by atoms with Gasteiger partial charge >= 0.3 is 0 Å². The van der Waals surface area contributed by atoms with Crippen LogP contribution in [0.2, 0.25) is 0 Å². The quantitative estimate of drug-likeness (QED) is 0.178. The van der Waals surface area contributed by atoms with Crippen molar-refractivity contribution in [3.05, 3.63) is 133 Å². The molecule has 4 fully saturated rings. The van der Waals surface area contributed by atoms with Crippen molar-refractivity contribution in [3.63, 3.8) is 0 Å². The Morgan fingerprint density at radius 2 is 0.963 bits per heavy atom. The van der Waals surface area contributed by atoms with Crippen molar-refractivity contribution in [2.24, 2.45) is 17.8 Å². The van der Waals surface area contributed by atoms with Crippen LogP contribution in [-0.2, 0) is 5.41 Å². The molecule has 4 bridgehead atoms. The van der Waals surface area contributed by atoms with Crippen LogP contribution in [0.25, 0.3) is 89.2 Å². The van der Waals surface area contributed by atoms with E-state index in [0.29, 0.717) is 17.5 Å². The van der Waals surface area contributed by atoms with E-state index < -0.39 is 0 Å². The summed E-state index contributed by atoms with van der Waals surface area (Å²) in [5.74, 6) is 4.29. The molecule has 4 aliphatic carbocycles. The molecular weight excluding hydrogens is 665 g/mol. The predicted octanol–water partition coefficient (Wildman–Crippen LogP) is 12.2. The summed E-state index contributed by atoms with van der Waals surface area (Å²) in [6.45, 7) is 0. The minimum absolute atomic E-state index is 0.248. The molecule has 0 N–H and O–H groups in total. The molecule has 4 aromatic heterocycles. The Morgan fingerprint density at radius 1 is 0.463 bits per heavy atom. The zero-order chi connectivity index (χ0) is 35.4. The van der Waals surface area contributed by atoms with E-state index in [4.69, 9.17) is 23.8 Å². The van der Waals surface area contributed by atoms with Crippen LogP contribution < -0.4 is 0 Å². The van der Waals surface area contributed by atoms with Crippen LogP contribution in [-0.4, -0.2) is 19.9 Å². The summed E-state index contributed by atoms with van der Waals surface area (Å²) in [4.78, 5) is 20.3. The van der Waals surface area contributed by atoms with Gasteiger partial charge in [0.05, 0.1) is 11.1 Å². The first-order valence-electron chi connectivity index (χ1n) is 19.3. The second-order valence-electron chi connectivity index (χ2n) is 16.1. The van der Waals surface area contributed by atoms with E-state index in [1.807, 2.05) is 48.8 Å². The van der Waals surface area contributed by atoms with Crippen LogP contribution in [0.3, 0.4) is 0 Å². The van der Waals surface area contributed by atoms with Crippen molar-refractivity contribution in [2.45, 2.75) is 43.9 Å². The zero-order valence-electron chi connectivity index (χ0n) is 29.7. The van der Waals surface area contributed by atoms with Crippen LogP contribution in [0.5, 0.6) is 0 Å². The highest BCUT2D eigenvalue weighted by atomic mass is 16.3. The molecule has 260 valence electrons. The largest absolute Gasteiger partial charge is 0.455 e. The highest BCUT2D eigenvalue weighted by Crippen LogP contribution is 2.61. The lowest BCUT2D eigenvalue weighted by atomic mass is 9.48. The topological polar surface area (TPSA) is 77.8 Å². The number of benzene rings is 5. The molecule has 0 amide bonds. The number of fused-ring (bicyclic) bond motifs is 6. The molecule has 4 saturated carbocycles. The number of pyridine rings is 1. The van der Waals surface area contributed by atoms with Crippen molar-refractivity contribution in [1.82, 2.24) is 19.9 Å². The number of nitrogens with zero attached hydrogens (tertiary/aromatic N) is 4. The van der Waals surface area contributed by atoms with Crippen LogP contribution >= 0.6 is 0 Å². The highest BCUT2D eigenvalue weighted by molar-refractivity contribution is 6.10. The maximum absolute atomic E-state index is 6.54. The van der Waals surface area contributed by atoms with Gasteiger partial charge < -0.3 is 8.83 Å². The van der Waals surface area contributed by atoms with Gasteiger partial charge in [-0.05, 0) is 121 Å². The summed E-state index contributed by atoms with van der Waals surface area (Å²) in [6.07, 6.45) is 11.9. The molecule has 9 aromatic rings. The molecule has 0 unspecified atom stereocenters. The van der Waals surface area contributed by atoms with Gasteiger partial charge in [-0.2, -0.15) is 0 Å². The number of para-hydroxylation sites is 4. The van der Waals surface area contributed by atoms with Crippen LogP contribution in [0.15, 0.2) is 136 Å². The van der Waals surface area contributed by atoms with Gasteiger partial charge in [0, 0.05) is 39.5 Å². The highest BCUT2D eigenvalue weighted by Gasteiger charge is 2.51. The molecule has 4 aliphatic rings. The third-order valence-corrected chi connectivity index (χ3v) is 12.8. The first kappa shape index (κ1) is 30.3.